The van der Waals surface area contributed by atoms with Gasteiger partial charge in [0.2, 0.25) is 0 Å². The van der Waals surface area contributed by atoms with Crippen LogP contribution in [0.25, 0.3) is 0 Å². The maximum Gasteiger partial charge on any atom is 0.189 e. The van der Waals surface area contributed by atoms with Crippen molar-refractivity contribution in [1.29, 1.82) is 0 Å². The van der Waals surface area contributed by atoms with Gasteiger partial charge in [0, 0.05) is 12.1 Å². The van der Waals surface area contributed by atoms with E-state index in [1.165, 1.54) is 0 Å². The molecule has 1 N–H and O–H groups in total. The molecule has 0 atom stereocenters. The van der Waals surface area contributed by atoms with Crippen LogP contribution in [0.5, 0.6) is 5.75 Å². The second kappa shape index (κ2) is 7.68. The Hall–Kier alpha value is -1.84. The third kappa shape index (κ3) is 4.08. The van der Waals surface area contributed by atoms with Crippen LogP contribution in [0, 0.1) is 6.92 Å². The first-order valence-electron chi connectivity index (χ1n) is 6.79. The SMILES string of the molecule is CNCc1cccc(C)c1OCOCc1ccccc1. The number of benzene rings is 2. The van der Waals surface area contributed by atoms with Crippen molar-refractivity contribution in [3.8, 4) is 5.75 Å². The number of para-hydroxylation sites is 1. The number of aryl methyl sites for hydroxylation is 1. The standard InChI is InChI=1S/C17H21NO2/c1-14-7-6-10-16(11-18-2)17(14)20-13-19-12-15-8-4-3-5-9-15/h3-10,18H,11-13H2,1-2H3. The molecule has 0 aliphatic carbocycles. The average molecular weight is 271 g/mol. The summed E-state index contributed by atoms with van der Waals surface area (Å²) >= 11 is 0. The molecule has 0 aliphatic heterocycles. The summed E-state index contributed by atoms with van der Waals surface area (Å²) in [5, 5.41) is 3.15. The highest BCUT2D eigenvalue weighted by Gasteiger charge is 2.06. The van der Waals surface area contributed by atoms with Gasteiger partial charge in [0.15, 0.2) is 6.79 Å². The monoisotopic (exact) mass is 271 g/mol. The van der Waals surface area contributed by atoms with Gasteiger partial charge >= 0.3 is 0 Å². The number of hydrogen-bond acceptors (Lipinski definition) is 3. The lowest BCUT2D eigenvalue weighted by Crippen LogP contribution is -2.10. The summed E-state index contributed by atoms with van der Waals surface area (Å²) in [6.07, 6.45) is 0. The first kappa shape index (κ1) is 14.6. The fourth-order valence-corrected chi connectivity index (χ4v) is 2.08. The van der Waals surface area contributed by atoms with Crippen molar-refractivity contribution in [2.75, 3.05) is 13.8 Å². The van der Waals surface area contributed by atoms with Crippen LogP contribution in [0.4, 0.5) is 0 Å². The summed E-state index contributed by atoms with van der Waals surface area (Å²) in [5.74, 6) is 0.912. The summed E-state index contributed by atoms with van der Waals surface area (Å²) in [6, 6.07) is 16.2. The van der Waals surface area contributed by atoms with Crippen LogP contribution in [0.15, 0.2) is 48.5 Å². The molecular formula is C17H21NO2. The van der Waals surface area contributed by atoms with Crippen LogP contribution in [0.2, 0.25) is 0 Å². The van der Waals surface area contributed by atoms with Gasteiger partial charge in [-0.1, -0.05) is 48.5 Å². The minimum Gasteiger partial charge on any atom is -0.467 e. The van der Waals surface area contributed by atoms with E-state index in [9.17, 15) is 0 Å². The third-order valence-electron chi connectivity index (χ3n) is 3.06. The van der Waals surface area contributed by atoms with Crippen LogP contribution in [-0.4, -0.2) is 13.8 Å². The molecule has 0 saturated heterocycles. The van der Waals surface area contributed by atoms with Gasteiger partial charge in [0.05, 0.1) is 6.61 Å². The smallest absolute Gasteiger partial charge is 0.189 e. The number of ether oxygens (including phenoxy) is 2. The first-order chi connectivity index (χ1) is 9.81. The zero-order valence-corrected chi connectivity index (χ0v) is 12.1. The fourth-order valence-electron chi connectivity index (χ4n) is 2.08. The van der Waals surface area contributed by atoms with Crippen LogP contribution in [0.1, 0.15) is 16.7 Å². The van der Waals surface area contributed by atoms with E-state index in [0.29, 0.717) is 6.61 Å². The van der Waals surface area contributed by atoms with Gasteiger partial charge in [-0.25, -0.2) is 0 Å². The van der Waals surface area contributed by atoms with Crippen LogP contribution >= 0.6 is 0 Å². The highest BCUT2D eigenvalue weighted by atomic mass is 16.7. The van der Waals surface area contributed by atoms with E-state index in [4.69, 9.17) is 9.47 Å². The molecule has 0 unspecified atom stereocenters. The Bertz CT molecular complexity index is 526. The van der Waals surface area contributed by atoms with E-state index in [1.807, 2.05) is 56.4 Å². The second-order valence-corrected chi connectivity index (χ2v) is 4.69. The number of nitrogens with one attached hydrogen (secondary N) is 1. The Morgan fingerprint density at radius 1 is 1.00 bits per heavy atom. The van der Waals surface area contributed by atoms with E-state index in [2.05, 4.69) is 11.4 Å². The second-order valence-electron chi connectivity index (χ2n) is 4.69. The van der Waals surface area contributed by atoms with Gasteiger partial charge < -0.3 is 14.8 Å². The Kier molecular flexibility index (Phi) is 5.59. The molecule has 0 amide bonds. The van der Waals surface area contributed by atoms with Gasteiger partial charge in [-0.2, -0.15) is 0 Å². The largest absolute Gasteiger partial charge is 0.467 e. The van der Waals surface area contributed by atoms with Crippen LogP contribution < -0.4 is 10.1 Å². The molecule has 0 spiro atoms. The Balaban J connectivity index is 1.87. The third-order valence-corrected chi connectivity index (χ3v) is 3.06. The lowest BCUT2D eigenvalue weighted by atomic mass is 10.1. The maximum absolute atomic E-state index is 5.78. The maximum atomic E-state index is 5.78. The quantitative estimate of drug-likeness (QED) is 0.619. The van der Waals surface area contributed by atoms with Crippen LogP contribution in [-0.2, 0) is 17.9 Å². The number of hydrogen-bond donors (Lipinski definition) is 1. The van der Waals surface area contributed by atoms with Crippen molar-refractivity contribution in [2.24, 2.45) is 0 Å². The molecular weight excluding hydrogens is 250 g/mol. The molecule has 0 saturated carbocycles. The topological polar surface area (TPSA) is 30.5 Å². The average Bonchev–Trinajstić information content (AvgIpc) is 2.47. The summed E-state index contributed by atoms with van der Waals surface area (Å²) in [6.45, 7) is 3.66. The summed E-state index contributed by atoms with van der Waals surface area (Å²) in [5.41, 5.74) is 3.42. The molecule has 2 aromatic carbocycles. The molecule has 3 heteroatoms. The zero-order valence-electron chi connectivity index (χ0n) is 12.1. The van der Waals surface area contributed by atoms with E-state index in [-0.39, 0.29) is 6.79 Å². The molecule has 0 bridgehead atoms. The minimum absolute atomic E-state index is 0.260. The molecule has 0 fully saturated rings. The van der Waals surface area contributed by atoms with Crippen molar-refractivity contribution in [1.82, 2.24) is 5.32 Å². The van der Waals surface area contributed by atoms with E-state index in [0.717, 1.165) is 29.0 Å². The predicted octanol–water partition coefficient (Wildman–Crippen LogP) is 3.27. The van der Waals surface area contributed by atoms with E-state index >= 15 is 0 Å². The summed E-state index contributed by atoms with van der Waals surface area (Å²) < 4.78 is 11.3. The molecule has 20 heavy (non-hydrogen) atoms. The first-order valence-corrected chi connectivity index (χ1v) is 6.79. The lowest BCUT2D eigenvalue weighted by Gasteiger charge is -2.14. The minimum atomic E-state index is 0.260. The highest BCUT2D eigenvalue weighted by molar-refractivity contribution is 5.40. The lowest BCUT2D eigenvalue weighted by molar-refractivity contribution is 0.00413. The summed E-state index contributed by atoms with van der Waals surface area (Å²) in [4.78, 5) is 0. The van der Waals surface area contributed by atoms with Gasteiger partial charge in [-0.3, -0.25) is 0 Å². The van der Waals surface area contributed by atoms with Gasteiger partial charge in [-0.15, -0.1) is 0 Å². The van der Waals surface area contributed by atoms with Gasteiger partial charge in [-0.05, 0) is 25.1 Å². The molecule has 0 aromatic heterocycles. The van der Waals surface area contributed by atoms with Crippen molar-refractivity contribution in [2.45, 2.75) is 20.1 Å². The van der Waals surface area contributed by atoms with Gasteiger partial charge in [0.1, 0.15) is 5.75 Å². The molecule has 106 valence electrons. The molecule has 0 radical (unpaired) electrons. The van der Waals surface area contributed by atoms with Crippen molar-refractivity contribution < 1.29 is 9.47 Å². The van der Waals surface area contributed by atoms with Crippen molar-refractivity contribution in [3.63, 3.8) is 0 Å². The molecule has 0 aliphatic rings. The molecule has 0 heterocycles. The van der Waals surface area contributed by atoms with E-state index < -0.39 is 0 Å². The molecule has 2 aromatic rings. The van der Waals surface area contributed by atoms with Crippen molar-refractivity contribution in [3.05, 3.63) is 65.2 Å². The van der Waals surface area contributed by atoms with Crippen LogP contribution in [0.3, 0.4) is 0 Å². The van der Waals surface area contributed by atoms with E-state index in [1.54, 1.807) is 0 Å². The Labute approximate surface area is 120 Å². The predicted molar refractivity (Wildman–Crippen MR) is 80.7 cm³/mol. The normalized spacial score (nSPS) is 10.5. The number of rotatable bonds is 7. The Morgan fingerprint density at radius 2 is 1.80 bits per heavy atom. The zero-order chi connectivity index (χ0) is 14.2. The van der Waals surface area contributed by atoms with Crippen molar-refractivity contribution >= 4 is 0 Å². The molecule has 2 rings (SSSR count). The fraction of sp³-hybridized carbons (Fsp3) is 0.294. The Morgan fingerprint density at radius 3 is 2.55 bits per heavy atom. The summed E-state index contributed by atoms with van der Waals surface area (Å²) in [7, 11) is 1.93. The van der Waals surface area contributed by atoms with Gasteiger partial charge in [0.25, 0.3) is 0 Å². The molecule has 3 nitrogen and oxygen atoms in total. The highest BCUT2D eigenvalue weighted by Crippen LogP contribution is 2.23.